The van der Waals surface area contributed by atoms with E-state index in [4.69, 9.17) is 5.73 Å². The lowest BCUT2D eigenvalue weighted by Gasteiger charge is -2.52. The minimum absolute atomic E-state index is 0.00499. The van der Waals surface area contributed by atoms with Gasteiger partial charge in [-0.2, -0.15) is 0 Å². The van der Waals surface area contributed by atoms with Gasteiger partial charge in [-0.1, -0.05) is 27.7 Å². The van der Waals surface area contributed by atoms with Crippen molar-refractivity contribution in [1.29, 1.82) is 0 Å². The third kappa shape index (κ3) is 3.08. The smallest absolute Gasteiger partial charge is 0.127 e. The van der Waals surface area contributed by atoms with Crippen LogP contribution in [0.4, 0.5) is 0 Å². The number of carbonyl (C=O) groups is 1. The molecule has 0 amide bonds. The molecule has 0 bridgehead atoms. The van der Waals surface area contributed by atoms with Gasteiger partial charge in [0.2, 0.25) is 0 Å². The Morgan fingerprint density at radius 3 is 1.88 bits per heavy atom. The minimum atomic E-state index is -0.350. The average Bonchev–Trinajstić information content (AvgIpc) is 2.26. The van der Waals surface area contributed by atoms with E-state index in [1.165, 1.54) is 0 Å². The van der Waals surface area contributed by atoms with Gasteiger partial charge in [0.15, 0.2) is 0 Å². The topological polar surface area (TPSA) is 46.3 Å². The van der Waals surface area contributed by atoms with Crippen molar-refractivity contribution in [1.82, 2.24) is 4.90 Å². The van der Waals surface area contributed by atoms with Gasteiger partial charge in [-0.3, -0.25) is 4.90 Å². The Bertz CT molecular complexity index is 269. The maximum absolute atomic E-state index is 11.2. The van der Waals surface area contributed by atoms with E-state index in [0.717, 1.165) is 6.29 Å². The summed E-state index contributed by atoms with van der Waals surface area (Å²) in [6, 6.07) is 0.167. The van der Waals surface area contributed by atoms with E-state index in [1.807, 2.05) is 13.8 Å². The summed E-state index contributed by atoms with van der Waals surface area (Å²) in [7, 11) is 2.08. The molecule has 1 atom stereocenters. The fraction of sp³-hybridized carbons (Fsp3) is 0.929. The Labute approximate surface area is 107 Å². The zero-order valence-electron chi connectivity index (χ0n) is 12.8. The molecule has 102 valence electrons. The number of nitrogens with zero attached hydrogens (tertiary/aromatic N) is 1. The van der Waals surface area contributed by atoms with Gasteiger partial charge in [0.05, 0.1) is 0 Å². The van der Waals surface area contributed by atoms with Crippen molar-refractivity contribution in [3.8, 4) is 0 Å². The molecule has 0 heterocycles. The average molecular weight is 242 g/mol. The second kappa shape index (κ2) is 5.07. The molecule has 0 aliphatic carbocycles. The molecule has 0 saturated heterocycles. The molecule has 17 heavy (non-hydrogen) atoms. The summed E-state index contributed by atoms with van der Waals surface area (Å²) >= 11 is 0. The van der Waals surface area contributed by atoms with Crippen molar-refractivity contribution in [3.63, 3.8) is 0 Å². The number of hydrogen-bond acceptors (Lipinski definition) is 3. The van der Waals surface area contributed by atoms with Crippen LogP contribution in [0.1, 0.15) is 48.5 Å². The van der Waals surface area contributed by atoms with Crippen molar-refractivity contribution >= 4 is 6.29 Å². The zero-order valence-corrected chi connectivity index (χ0v) is 12.8. The summed E-state index contributed by atoms with van der Waals surface area (Å²) < 4.78 is 0. The highest BCUT2D eigenvalue weighted by atomic mass is 16.1. The second-order valence-electron chi connectivity index (χ2n) is 6.87. The molecule has 0 spiro atoms. The highest BCUT2D eigenvalue weighted by Gasteiger charge is 2.43. The molecule has 0 radical (unpaired) electrons. The molecular formula is C14H30N2O. The summed E-state index contributed by atoms with van der Waals surface area (Å²) in [5.41, 5.74) is 5.45. The molecule has 0 aliphatic heterocycles. The fourth-order valence-electron chi connectivity index (χ4n) is 1.81. The largest absolute Gasteiger partial charge is 0.330 e. The van der Waals surface area contributed by atoms with Gasteiger partial charge < -0.3 is 10.5 Å². The van der Waals surface area contributed by atoms with Gasteiger partial charge in [-0.05, 0) is 39.8 Å². The number of carbonyl (C=O) groups excluding carboxylic acids is 1. The Morgan fingerprint density at radius 2 is 1.59 bits per heavy atom. The van der Waals surface area contributed by atoms with Crippen molar-refractivity contribution in [2.24, 2.45) is 16.6 Å². The first-order chi connectivity index (χ1) is 7.44. The van der Waals surface area contributed by atoms with Crippen LogP contribution in [0.15, 0.2) is 0 Å². The SMILES string of the molecule is CC(N(C)C(C)(C)C(C)(C)CN)C(C)(C)C=O. The fourth-order valence-corrected chi connectivity index (χ4v) is 1.81. The Morgan fingerprint density at radius 1 is 1.18 bits per heavy atom. The van der Waals surface area contributed by atoms with E-state index in [1.54, 1.807) is 0 Å². The molecular weight excluding hydrogens is 212 g/mol. The lowest BCUT2D eigenvalue weighted by molar-refractivity contribution is -0.120. The van der Waals surface area contributed by atoms with E-state index in [-0.39, 0.29) is 22.4 Å². The van der Waals surface area contributed by atoms with Crippen LogP contribution in [-0.4, -0.2) is 36.4 Å². The van der Waals surface area contributed by atoms with E-state index < -0.39 is 0 Å². The second-order valence-corrected chi connectivity index (χ2v) is 6.87. The van der Waals surface area contributed by atoms with Gasteiger partial charge in [-0.15, -0.1) is 0 Å². The van der Waals surface area contributed by atoms with Crippen LogP contribution >= 0.6 is 0 Å². The maximum atomic E-state index is 11.2. The summed E-state index contributed by atoms with van der Waals surface area (Å²) in [4.78, 5) is 13.4. The Balaban J connectivity index is 5.17. The van der Waals surface area contributed by atoms with Crippen molar-refractivity contribution in [3.05, 3.63) is 0 Å². The molecule has 2 N–H and O–H groups in total. The number of aldehydes is 1. The summed E-state index contributed by atoms with van der Waals surface area (Å²) in [5, 5.41) is 0. The molecule has 0 fully saturated rings. The summed E-state index contributed by atoms with van der Waals surface area (Å²) in [6.45, 7) is 15.4. The van der Waals surface area contributed by atoms with Crippen molar-refractivity contribution < 1.29 is 4.79 Å². The summed E-state index contributed by atoms with van der Waals surface area (Å²) in [6.07, 6.45) is 1.04. The van der Waals surface area contributed by atoms with Gasteiger partial charge >= 0.3 is 0 Å². The molecule has 0 aromatic rings. The number of hydrogen-bond donors (Lipinski definition) is 1. The highest BCUT2D eigenvalue weighted by molar-refractivity contribution is 5.59. The molecule has 0 aromatic heterocycles. The van der Waals surface area contributed by atoms with Crippen LogP contribution in [0.3, 0.4) is 0 Å². The molecule has 3 nitrogen and oxygen atoms in total. The van der Waals surface area contributed by atoms with Gasteiger partial charge in [-0.25, -0.2) is 0 Å². The Kier molecular flexibility index (Phi) is 4.95. The molecule has 0 saturated carbocycles. The quantitative estimate of drug-likeness (QED) is 0.727. The summed E-state index contributed by atoms with van der Waals surface area (Å²) in [5.74, 6) is 0. The lowest BCUT2D eigenvalue weighted by atomic mass is 9.71. The Hall–Kier alpha value is -0.410. The zero-order chi connectivity index (χ0) is 14.1. The lowest BCUT2D eigenvalue weighted by Crippen LogP contribution is -2.60. The van der Waals surface area contributed by atoms with Crippen LogP contribution in [-0.2, 0) is 4.79 Å². The van der Waals surface area contributed by atoms with Gasteiger partial charge in [0.1, 0.15) is 6.29 Å². The molecule has 0 aliphatic rings. The monoisotopic (exact) mass is 242 g/mol. The maximum Gasteiger partial charge on any atom is 0.127 e. The van der Waals surface area contributed by atoms with Gasteiger partial charge in [0.25, 0.3) is 0 Å². The minimum Gasteiger partial charge on any atom is -0.330 e. The first kappa shape index (κ1) is 16.6. The normalized spacial score (nSPS) is 16.1. The van der Waals surface area contributed by atoms with E-state index in [9.17, 15) is 4.79 Å². The first-order valence-corrected chi connectivity index (χ1v) is 6.33. The molecule has 0 rings (SSSR count). The number of nitrogens with two attached hydrogens (primary N) is 1. The van der Waals surface area contributed by atoms with E-state index in [2.05, 4.69) is 46.6 Å². The van der Waals surface area contributed by atoms with Crippen LogP contribution in [0, 0.1) is 10.8 Å². The molecule has 1 unspecified atom stereocenters. The first-order valence-electron chi connectivity index (χ1n) is 6.33. The third-order valence-electron chi connectivity index (χ3n) is 5.01. The third-order valence-corrected chi connectivity index (χ3v) is 5.01. The van der Waals surface area contributed by atoms with Crippen LogP contribution in [0.5, 0.6) is 0 Å². The van der Waals surface area contributed by atoms with Gasteiger partial charge in [0, 0.05) is 17.0 Å². The predicted octanol–water partition coefficient (Wildman–Crippen LogP) is 2.30. The van der Waals surface area contributed by atoms with Crippen LogP contribution in [0.2, 0.25) is 0 Å². The van der Waals surface area contributed by atoms with Crippen LogP contribution < -0.4 is 5.73 Å². The predicted molar refractivity (Wildman–Crippen MR) is 74.0 cm³/mol. The standard InChI is InChI=1S/C14H30N2O/c1-11(12(2,3)10-17)16(8)14(6,7)13(4,5)9-15/h10-11H,9,15H2,1-8H3. The molecule has 3 heteroatoms. The molecule has 0 aromatic carbocycles. The van der Waals surface area contributed by atoms with Crippen molar-refractivity contribution in [2.75, 3.05) is 13.6 Å². The van der Waals surface area contributed by atoms with E-state index in [0.29, 0.717) is 6.54 Å². The van der Waals surface area contributed by atoms with E-state index >= 15 is 0 Å². The number of rotatable bonds is 6. The highest BCUT2D eigenvalue weighted by Crippen LogP contribution is 2.37. The van der Waals surface area contributed by atoms with Crippen molar-refractivity contribution in [2.45, 2.75) is 60.0 Å². The van der Waals surface area contributed by atoms with Crippen LogP contribution in [0.25, 0.3) is 0 Å².